The third-order valence-corrected chi connectivity index (χ3v) is 6.85. The summed E-state index contributed by atoms with van der Waals surface area (Å²) in [6, 6.07) is 16.3. The van der Waals surface area contributed by atoms with Gasteiger partial charge in [-0.15, -0.1) is 11.3 Å². The second-order valence-electron chi connectivity index (χ2n) is 7.22. The molecule has 0 N–H and O–H groups in total. The smallest absolute Gasteiger partial charge is 0.337 e. The molecule has 0 fully saturated rings. The third-order valence-electron chi connectivity index (χ3n) is 5.38. The first-order valence-corrected chi connectivity index (χ1v) is 11.1. The molecule has 3 heterocycles. The summed E-state index contributed by atoms with van der Waals surface area (Å²) in [6.07, 6.45) is 3.16. The molecule has 0 aliphatic rings. The van der Waals surface area contributed by atoms with E-state index in [0.717, 1.165) is 9.95 Å². The van der Waals surface area contributed by atoms with Crippen LogP contribution in [0.15, 0.2) is 70.5 Å². The molecule has 162 valence electrons. The first kappa shape index (κ1) is 20.9. The van der Waals surface area contributed by atoms with Crippen molar-refractivity contribution >= 4 is 43.9 Å². The summed E-state index contributed by atoms with van der Waals surface area (Å²) >= 11 is 7.63. The first-order chi connectivity index (χ1) is 16.0. The summed E-state index contributed by atoms with van der Waals surface area (Å²) in [6.45, 7) is -0.212. The van der Waals surface area contributed by atoms with Crippen molar-refractivity contribution in [3.63, 3.8) is 0 Å². The van der Waals surface area contributed by atoms with Gasteiger partial charge in [-0.25, -0.2) is 9.36 Å². The van der Waals surface area contributed by atoms with Gasteiger partial charge >= 0.3 is 5.69 Å². The van der Waals surface area contributed by atoms with Gasteiger partial charge in [0.1, 0.15) is 17.0 Å². The Bertz CT molecular complexity index is 1710. The zero-order valence-corrected chi connectivity index (χ0v) is 18.9. The van der Waals surface area contributed by atoms with Crippen LogP contribution in [0.2, 0.25) is 5.02 Å². The predicted octanol–water partition coefficient (Wildman–Crippen LogP) is 4.61. The number of nitrogens with zero attached hydrogens (tertiary/aromatic N) is 4. The highest BCUT2D eigenvalue weighted by atomic mass is 35.5. The van der Waals surface area contributed by atoms with Crippen molar-refractivity contribution < 1.29 is 4.74 Å². The van der Waals surface area contributed by atoms with E-state index >= 15 is 0 Å². The van der Waals surface area contributed by atoms with Crippen LogP contribution in [0.4, 0.5) is 0 Å². The van der Waals surface area contributed by atoms with Crippen LogP contribution in [0.1, 0.15) is 0 Å². The van der Waals surface area contributed by atoms with Crippen molar-refractivity contribution in [3.8, 4) is 27.9 Å². The number of ether oxygens (including phenoxy) is 1. The van der Waals surface area contributed by atoms with E-state index in [-0.39, 0.29) is 6.54 Å². The van der Waals surface area contributed by atoms with Crippen LogP contribution in [0.25, 0.3) is 37.1 Å². The molecule has 2 aromatic carbocycles. The number of methoxy groups -OCH3 is 1. The van der Waals surface area contributed by atoms with Gasteiger partial charge < -0.3 is 4.74 Å². The van der Waals surface area contributed by atoms with Crippen molar-refractivity contribution in [2.75, 3.05) is 7.11 Å². The monoisotopic (exact) mass is 474 g/mol. The topological polar surface area (TPSA) is 89.9 Å². The molecule has 0 amide bonds. The highest BCUT2D eigenvalue weighted by molar-refractivity contribution is 7.22. The van der Waals surface area contributed by atoms with E-state index in [1.165, 1.54) is 22.1 Å². The summed E-state index contributed by atoms with van der Waals surface area (Å²) in [4.78, 5) is 31.9. The molecule has 0 atom stereocenters. The number of fused-ring (bicyclic) bond motifs is 2. The molecule has 0 spiro atoms. The maximum atomic E-state index is 13.6. The fourth-order valence-corrected chi connectivity index (χ4v) is 5.21. The van der Waals surface area contributed by atoms with E-state index in [2.05, 4.69) is 4.98 Å². The van der Waals surface area contributed by atoms with Crippen LogP contribution < -0.4 is 16.0 Å². The van der Waals surface area contributed by atoms with E-state index in [9.17, 15) is 14.9 Å². The van der Waals surface area contributed by atoms with Crippen molar-refractivity contribution in [2.24, 2.45) is 0 Å². The van der Waals surface area contributed by atoms with Crippen LogP contribution in [-0.4, -0.2) is 21.2 Å². The van der Waals surface area contributed by atoms with Crippen LogP contribution in [0.3, 0.4) is 0 Å². The number of nitriles is 1. The minimum atomic E-state index is -0.603. The summed E-state index contributed by atoms with van der Waals surface area (Å²) < 4.78 is 8.03. The Balaban J connectivity index is 1.86. The lowest BCUT2D eigenvalue weighted by atomic mass is 10.1. The number of hydrogen-bond acceptors (Lipinski definition) is 6. The van der Waals surface area contributed by atoms with Crippen LogP contribution in [-0.2, 0) is 6.54 Å². The predicted molar refractivity (Wildman–Crippen MR) is 130 cm³/mol. The summed E-state index contributed by atoms with van der Waals surface area (Å²) in [5.41, 5.74) is 0.345. The lowest BCUT2D eigenvalue weighted by Crippen LogP contribution is -2.38. The molecule has 9 heteroatoms. The number of pyridine rings is 1. The first-order valence-electron chi connectivity index (χ1n) is 9.87. The Morgan fingerprint density at radius 3 is 2.76 bits per heavy atom. The highest BCUT2D eigenvalue weighted by Crippen LogP contribution is 2.37. The lowest BCUT2D eigenvalue weighted by Gasteiger charge is -2.11. The molecule has 0 unspecified atom stereocenters. The maximum absolute atomic E-state index is 13.6. The standard InChI is InChI=1S/C24H15ClN4O3S/c1-32-15-6-7-18(25)17(10-15)21-11-19-22(33-21)23(30)29(24(31)28(19)9-8-26)20-13-27-12-14-4-2-3-5-16(14)20/h2-7,10-13H,9H2,1H3. The van der Waals surface area contributed by atoms with Gasteiger partial charge in [-0.05, 0) is 24.3 Å². The molecule has 0 saturated heterocycles. The van der Waals surface area contributed by atoms with Gasteiger partial charge in [0.2, 0.25) is 0 Å². The lowest BCUT2D eigenvalue weighted by molar-refractivity contribution is 0.415. The zero-order chi connectivity index (χ0) is 23.1. The minimum absolute atomic E-state index is 0.212. The number of halogens is 1. The Kier molecular flexibility index (Phi) is 5.21. The molecule has 5 rings (SSSR count). The van der Waals surface area contributed by atoms with Crippen molar-refractivity contribution in [3.05, 3.63) is 86.8 Å². The molecule has 0 radical (unpaired) electrons. The van der Waals surface area contributed by atoms with Gasteiger partial charge in [0, 0.05) is 32.4 Å². The average Bonchev–Trinajstić information content (AvgIpc) is 3.28. The molecular formula is C24H15ClN4O3S. The molecular weight excluding hydrogens is 460 g/mol. The third kappa shape index (κ3) is 3.39. The SMILES string of the molecule is COc1ccc(Cl)c(-c2cc3c(s2)c(=O)n(-c2cncc4ccccc24)c(=O)n3CC#N)c1. The molecule has 0 aliphatic heterocycles. The molecule has 0 aliphatic carbocycles. The normalized spacial score (nSPS) is 11.1. The summed E-state index contributed by atoms with van der Waals surface area (Å²) in [5.74, 6) is 0.612. The van der Waals surface area contributed by atoms with Crippen LogP contribution in [0, 0.1) is 11.3 Å². The van der Waals surface area contributed by atoms with Crippen LogP contribution in [0.5, 0.6) is 5.75 Å². The molecule has 5 aromatic rings. The van der Waals surface area contributed by atoms with Gasteiger partial charge in [0.25, 0.3) is 5.56 Å². The molecule has 3 aromatic heterocycles. The van der Waals surface area contributed by atoms with Crippen molar-refractivity contribution in [2.45, 2.75) is 6.54 Å². The molecule has 33 heavy (non-hydrogen) atoms. The Morgan fingerprint density at radius 2 is 1.97 bits per heavy atom. The van der Waals surface area contributed by atoms with E-state index in [0.29, 0.717) is 42.5 Å². The zero-order valence-electron chi connectivity index (χ0n) is 17.3. The number of rotatable bonds is 4. The largest absolute Gasteiger partial charge is 0.497 e. The van der Waals surface area contributed by atoms with Gasteiger partial charge in [-0.1, -0.05) is 35.9 Å². The summed E-state index contributed by atoms with van der Waals surface area (Å²) in [5, 5.41) is 11.4. The van der Waals surface area contributed by atoms with Crippen LogP contribution >= 0.6 is 22.9 Å². The number of benzene rings is 2. The second-order valence-corrected chi connectivity index (χ2v) is 8.68. The maximum Gasteiger partial charge on any atom is 0.337 e. The van der Waals surface area contributed by atoms with Gasteiger partial charge in [-0.2, -0.15) is 5.26 Å². The fraction of sp³-hybridized carbons (Fsp3) is 0.0833. The molecule has 0 bridgehead atoms. The van der Waals surface area contributed by atoms with E-state index < -0.39 is 11.2 Å². The van der Waals surface area contributed by atoms with Gasteiger partial charge in [0.05, 0.1) is 30.6 Å². The van der Waals surface area contributed by atoms with Crippen molar-refractivity contribution in [1.82, 2.24) is 14.1 Å². The minimum Gasteiger partial charge on any atom is -0.497 e. The van der Waals surface area contributed by atoms with Crippen molar-refractivity contribution in [1.29, 1.82) is 5.26 Å². The fourth-order valence-electron chi connectivity index (χ4n) is 3.81. The highest BCUT2D eigenvalue weighted by Gasteiger charge is 2.20. The molecule has 7 nitrogen and oxygen atoms in total. The van der Waals surface area contributed by atoms with Gasteiger partial charge in [0.15, 0.2) is 0 Å². The average molecular weight is 475 g/mol. The Morgan fingerprint density at radius 1 is 1.15 bits per heavy atom. The van der Waals surface area contributed by atoms with E-state index in [4.69, 9.17) is 16.3 Å². The quantitative estimate of drug-likeness (QED) is 0.379. The Labute approximate surface area is 196 Å². The van der Waals surface area contributed by atoms with E-state index in [1.54, 1.807) is 37.6 Å². The number of hydrogen-bond donors (Lipinski definition) is 0. The Hall–Kier alpha value is -3.93. The number of aromatic nitrogens is 3. The molecule has 0 saturated carbocycles. The van der Waals surface area contributed by atoms with Gasteiger partial charge in [-0.3, -0.25) is 14.3 Å². The number of thiophene rings is 1. The van der Waals surface area contributed by atoms with E-state index in [1.807, 2.05) is 30.3 Å². The summed E-state index contributed by atoms with van der Waals surface area (Å²) in [7, 11) is 1.55. The second kappa shape index (κ2) is 8.20.